The Bertz CT molecular complexity index is 1210. The van der Waals surface area contributed by atoms with E-state index >= 15 is 0 Å². The number of hydrogen-bond donors (Lipinski definition) is 1. The van der Waals surface area contributed by atoms with E-state index in [4.69, 9.17) is 4.42 Å². The molecule has 0 bridgehead atoms. The van der Waals surface area contributed by atoms with Crippen LogP contribution in [0.5, 0.6) is 0 Å². The highest BCUT2D eigenvalue weighted by atomic mass is 32.2. The Balaban J connectivity index is 1.33. The monoisotopic (exact) mass is 469 g/mol. The van der Waals surface area contributed by atoms with E-state index in [9.17, 15) is 24.5 Å². The third-order valence-electron chi connectivity index (χ3n) is 4.50. The van der Waals surface area contributed by atoms with Crippen molar-refractivity contribution in [3.63, 3.8) is 0 Å². The van der Waals surface area contributed by atoms with Crippen LogP contribution >= 0.6 is 23.1 Å². The third kappa shape index (κ3) is 4.63. The number of nitro groups is 1. The molecule has 1 N–H and O–H groups in total. The molecule has 4 rings (SSSR count). The first-order valence-corrected chi connectivity index (χ1v) is 11.0. The van der Waals surface area contributed by atoms with Crippen LogP contribution in [-0.2, 0) is 4.79 Å². The minimum absolute atomic E-state index is 0.0358. The lowest BCUT2D eigenvalue weighted by Gasteiger charge is -2.12. The molecule has 9 nitrogen and oxygen atoms in total. The largest absolute Gasteiger partial charge is 0.451 e. The molecule has 2 aromatic heterocycles. The van der Waals surface area contributed by atoms with Crippen LogP contribution in [0, 0.1) is 10.1 Å². The molecule has 1 aliphatic heterocycles. The Hall–Kier alpha value is -3.70. The second kappa shape index (κ2) is 9.20. The highest BCUT2D eigenvalue weighted by Crippen LogP contribution is 2.32. The van der Waals surface area contributed by atoms with Crippen molar-refractivity contribution in [1.82, 2.24) is 10.2 Å². The van der Waals surface area contributed by atoms with E-state index in [1.165, 1.54) is 41.7 Å². The van der Waals surface area contributed by atoms with Gasteiger partial charge < -0.3 is 9.73 Å². The number of nitrogens with zero attached hydrogens (tertiary/aromatic N) is 2. The van der Waals surface area contributed by atoms with Crippen molar-refractivity contribution in [2.24, 2.45) is 0 Å². The Kier molecular flexibility index (Phi) is 6.19. The topological polar surface area (TPSA) is 123 Å². The fourth-order valence-electron chi connectivity index (χ4n) is 2.93. The van der Waals surface area contributed by atoms with Crippen molar-refractivity contribution >= 4 is 51.9 Å². The number of thiophene rings is 1. The van der Waals surface area contributed by atoms with Gasteiger partial charge in [-0.3, -0.25) is 29.4 Å². The van der Waals surface area contributed by atoms with Crippen LogP contribution in [-0.4, -0.2) is 40.0 Å². The van der Waals surface area contributed by atoms with Crippen LogP contribution in [0.25, 0.3) is 17.4 Å². The Labute approximate surface area is 189 Å². The minimum Gasteiger partial charge on any atom is -0.451 e. The lowest BCUT2D eigenvalue weighted by atomic mass is 10.1. The number of nitrogens with one attached hydrogen (secondary N) is 1. The number of carbonyl (C=O) groups is 3. The van der Waals surface area contributed by atoms with Crippen LogP contribution in [0.4, 0.5) is 10.5 Å². The van der Waals surface area contributed by atoms with E-state index in [-0.39, 0.29) is 35.7 Å². The maximum atomic E-state index is 12.5. The first-order valence-electron chi connectivity index (χ1n) is 9.34. The van der Waals surface area contributed by atoms with Gasteiger partial charge in [-0.25, -0.2) is 0 Å². The number of amides is 3. The molecule has 0 saturated carbocycles. The van der Waals surface area contributed by atoms with Gasteiger partial charge in [0.05, 0.1) is 9.83 Å². The predicted molar refractivity (Wildman–Crippen MR) is 120 cm³/mol. The second-order valence-corrected chi connectivity index (χ2v) is 8.55. The first-order chi connectivity index (χ1) is 15.4. The van der Waals surface area contributed by atoms with Crippen LogP contribution in [0.1, 0.15) is 15.4 Å². The van der Waals surface area contributed by atoms with Crippen molar-refractivity contribution in [1.29, 1.82) is 0 Å². The lowest BCUT2D eigenvalue weighted by Crippen LogP contribution is -2.37. The fraction of sp³-hybridized carbons (Fsp3) is 0.0952. The van der Waals surface area contributed by atoms with Gasteiger partial charge in [0, 0.05) is 35.7 Å². The maximum Gasteiger partial charge on any atom is 0.293 e. The summed E-state index contributed by atoms with van der Waals surface area (Å²) in [5.74, 6) is -0.458. The number of rotatable bonds is 7. The highest BCUT2D eigenvalue weighted by molar-refractivity contribution is 8.18. The van der Waals surface area contributed by atoms with E-state index in [1.807, 2.05) is 17.5 Å². The minimum atomic E-state index is -0.501. The Morgan fingerprint density at radius 1 is 1.16 bits per heavy atom. The molecule has 3 amide bonds. The summed E-state index contributed by atoms with van der Waals surface area (Å²) in [4.78, 5) is 49.5. The molecule has 0 radical (unpaired) electrons. The van der Waals surface area contributed by atoms with E-state index in [1.54, 1.807) is 12.1 Å². The molecule has 1 fully saturated rings. The van der Waals surface area contributed by atoms with Gasteiger partial charge in [0.1, 0.15) is 5.76 Å². The first kappa shape index (κ1) is 21.5. The molecule has 1 aromatic carbocycles. The van der Waals surface area contributed by atoms with Gasteiger partial charge in [-0.2, -0.15) is 0 Å². The number of benzene rings is 1. The Morgan fingerprint density at radius 2 is 1.94 bits per heavy atom. The number of non-ortho nitro benzene ring substituents is 1. The van der Waals surface area contributed by atoms with Gasteiger partial charge in [0.2, 0.25) is 0 Å². The van der Waals surface area contributed by atoms with E-state index in [0.717, 1.165) is 21.5 Å². The zero-order valence-corrected chi connectivity index (χ0v) is 18.0. The summed E-state index contributed by atoms with van der Waals surface area (Å²) in [6, 6.07) is 12.5. The number of imide groups is 1. The molecule has 3 heterocycles. The molecule has 3 aromatic rings. The number of hydrogen-bond acceptors (Lipinski definition) is 8. The molecular weight excluding hydrogens is 454 g/mol. The van der Waals surface area contributed by atoms with Gasteiger partial charge in [-0.15, -0.1) is 11.3 Å². The molecule has 0 unspecified atom stereocenters. The number of carbonyl (C=O) groups excluding carboxylic acids is 3. The highest BCUT2D eigenvalue weighted by Gasteiger charge is 2.34. The second-order valence-electron chi connectivity index (χ2n) is 6.57. The SMILES string of the molecule is O=C(NCCN1C(=O)SC(=Cc2cccs2)C1=O)c1ccc(-c2ccc([N+](=O)[O-])cc2)o1. The molecular formula is C21H15N3O6S2. The lowest BCUT2D eigenvalue weighted by molar-refractivity contribution is -0.384. The zero-order valence-electron chi connectivity index (χ0n) is 16.3. The van der Waals surface area contributed by atoms with Gasteiger partial charge in [0.25, 0.3) is 22.7 Å². The molecule has 1 saturated heterocycles. The number of furan rings is 1. The van der Waals surface area contributed by atoms with Gasteiger partial charge >= 0.3 is 0 Å². The predicted octanol–water partition coefficient (Wildman–Crippen LogP) is 4.38. The quantitative estimate of drug-likeness (QED) is 0.309. The van der Waals surface area contributed by atoms with Gasteiger partial charge in [-0.05, 0) is 53.5 Å². The molecule has 0 atom stereocenters. The summed E-state index contributed by atoms with van der Waals surface area (Å²) in [6.45, 7) is 0.102. The molecule has 0 aliphatic carbocycles. The molecule has 162 valence electrons. The van der Waals surface area contributed by atoms with E-state index < -0.39 is 10.8 Å². The third-order valence-corrected chi connectivity index (χ3v) is 6.23. The van der Waals surface area contributed by atoms with Crippen molar-refractivity contribution in [2.75, 3.05) is 13.1 Å². The summed E-state index contributed by atoms with van der Waals surface area (Å²) in [6.07, 6.45) is 1.68. The zero-order chi connectivity index (χ0) is 22.7. The molecule has 32 heavy (non-hydrogen) atoms. The van der Waals surface area contributed by atoms with Crippen LogP contribution in [0.15, 0.2) is 63.2 Å². The van der Waals surface area contributed by atoms with Crippen LogP contribution < -0.4 is 5.32 Å². The summed E-state index contributed by atoms with van der Waals surface area (Å²) in [5.41, 5.74) is 0.542. The van der Waals surface area contributed by atoms with Crippen LogP contribution in [0.2, 0.25) is 0 Å². The van der Waals surface area contributed by atoms with Crippen LogP contribution in [0.3, 0.4) is 0 Å². The average molecular weight is 470 g/mol. The summed E-state index contributed by atoms with van der Waals surface area (Å²) < 4.78 is 5.53. The Morgan fingerprint density at radius 3 is 2.62 bits per heavy atom. The van der Waals surface area contributed by atoms with Crippen molar-refractivity contribution in [3.05, 3.63) is 79.6 Å². The maximum absolute atomic E-state index is 12.5. The van der Waals surface area contributed by atoms with Gasteiger partial charge in [0.15, 0.2) is 5.76 Å². The number of nitro benzene ring substituents is 1. The van der Waals surface area contributed by atoms with Crippen molar-refractivity contribution in [3.8, 4) is 11.3 Å². The summed E-state index contributed by atoms with van der Waals surface area (Å²) in [7, 11) is 0. The van der Waals surface area contributed by atoms with Crippen molar-refractivity contribution < 1.29 is 23.7 Å². The van der Waals surface area contributed by atoms with Gasteiger partial charge in [-0.1, -0.05) is 6.07 Å². The number of thioether (sulfide) groups is 1. The smallest absolute Gasteiger partial charge is 0.293 e. The summed E-state index contributed by atoms with van der Waals surface area (Å²) >= 11 is 2.34. The van der Waals surface area contributed by atoms with Crippen molar-refractivity contribution in [2.45, 2.75) is 0 Å². The summed E-state index contributed by atoms with van der Waals surface area (Å²) in [5, 5.41) is 14.9. The molecule has 1 aliphatic rings. The van der Waals surface area contributed by atoms with E-state index in [2.05, 4.69) is 5.32 Å². The molecule has 0 spiro atoms. The average Bonchev–Trinajstić information content (AvgIpc) is 3.52. The van der Waals surface area contributed by atoms with E-state index in [0.29, 0.717) is 16.2 Å². The standard InChI is InChI=1S/C21H15N3O6S2/c25-19(17-8-7-16(30-17)13-3-5-14(6-4-13)24(28)29)22-9-10-23-20(26)18(32-21(23)27)12-15-2-1-11-31-15/h1-8,11-12H,9-10H2,(H,22,25). The molecule has 11 heteroatoms. The fourth-order valence-corrected chi connectivity index (χ4v) is 4.51. The normalized spacial score (nSPS) is 14.9.